The first kappa shape index (κ1) is 17.6. The van der Waals surface area contributed by atoms with Gasteiger partial charge in [0.15, 0.2) is 6.10 Å². The molecule has 0 radical (unpaired) electrons. The molecule has 4 fully saturated rings. The molecule has 1 amide bonds. The number of nitrogens with one attached hydrogen (secondary N) is 1. The Hall–Kier alpha value is -2.28. The van der Waals surface area contributed by atoms with E-state index in [0.717, 1.165) is 28.3 Å². The predicted molar refractivity (Wildman–Crippen MR) is 111 cm³/mol. The van der Waals surface area contributed by atoms with Crippen LogP contribution in [0.5, 0.6) is 0 Å². The van der Waals surface area contributed by atoms with E-state index in [9.17, 15) is 4.79 Å². The van der Waals surface area contributed by atoms with E-state index >= 15 is 0 Å². The molecule has 6 nitrogen and oxygen atoms in total. The van der Waals surface area contributed by atoms with Gasteiger partial charge in [-0.2, -0.15) is 0 Å². The topological polar surface area (TPSA) is 76.5 Å². The summed E-state index contributed by atoms with van der Waals surface area (Å²) in [6.07, 6.45) is 8.24. The third kappa shape index (κ3) is 3.06. The maximum absolute atomic E-state index is 12.7. The summed E-state index contributed by atoms with van der Waals surface area (Å²) >= 11 is 1.56. The summed E-state index contributed by atoms with van der Waals surface area (Å²) in [6, 6.07) is 9.87. The largest absolute Gasteiger partial charge is 0.387 e. The number of nitrogens with zero attached hydrogens (tertiary/aromatic N) is 3. The van der Waals surface area contributed by atoms with Crippen molar-refractivity contribution in [2.75, 3.05) is 5.32 Å². The second-order valence-corrected chi connectivity index (χ2v) is 10.3. The molecule has 1 aromatic carbocycles. The quantitative estimate of drug-likeness (QED) is 0.810. The number of benzene rings is 1. The van der Waals surface area contributed by atoms with Gasteiger partial charge in [0, 0.05) is 11.8 Å². The standard InChI is InChI=1S/C22H24N4O2S/c27-19(17-9-18(28-26-17)16-4-2-1-3-5-16)23-21-25-24-20(29-21)22-10-13-6-14(11-22)8-15(7-13)12-22/h1-5,13-15,18H,6-12H2,(H,23,25,27). The maximum atomic E-state index is 12.7. The van der Waals surface area contributed by atoms with Gasteiger partial charge >= 0.3 is 0 Å². The van der Waals surface area contributed by atoms with Gasteiger partial charge < -0.3 is 4.84 Å². The van der Waals surface area contributed by atoms with Crippen molar-refractivity contribution in [1.29, 1.82) is 0 Å². The number of oxime groups is 1. The highest BCUT2D eigenvalue weighted by molar-refractivity contribution is 7.15. The highest BCUT2D eigenvalue weighted by Crippen LogP contribution is 2.61. The van der Waals surface area contributed by atoms with Crippen molar-refractivity contribution in [2.24, 2.45) is 22.9 Å². The molecule has 4 bridgehead atoms. The zero-order chi connectivity index (χ0) is 19.4. The zero-order valence-corrected chi connectivity index (χ0v) is 17.0. The van der Waals surface area contributed by atoms with Crippen LogP contribution in [0.2, 0.25) is 0 Å². The Labute approximate surface area is 173 Å². The van der Waals surface area contributed by atoms with Gasteiger partial charge in [-0.3, -0.25) is 10.1 Å². The van der Waals surface area contributed by atoms with Gasteiger partial charge in [0.2, 0.25) is 5.13 Å². The molecule has 0 saturated heterocycles. The Kier molecular flexibility index (Phi) is 4.01. The number of rotatable bonds is 4. The summed E-state index contributed by atoms with van der Waals surface area (Å²) in [5.74, 6) is 2.35. The van der Waals surface area contributed by atoms with Crippen LogP contribution in [0.1, 0.15) is 61.6 Å². The van der Waals surface area contributed by atoms with Crippen LogP contribution in [0.15, 0.2) is 35.5 Å². The molecule has 7 rings (SSSR count). The summed E-state index contributed by atoms with van der Waals surface area (Å²) in [4.78, 5) is 18.1. The molecular weight excluding hydrogens is 384 g/mol. The first-order valence-electron chi connectivity index (χ1n) is 10.6. The number of hydrogen-bond acceptors (Lipinski definition) is 6. The van der Waals surface area contributed by atoms with E-state index in [1.807, 2.05) is 30.3 Å². The van der Waals surface area contributed by atoms with E-state index in [1.165, 1.54) is 38.5 Å². The third-order valence-corrected chi connectivity index (χ3v) is 8.32. The Bertz CT molecular complexity index is 935. The van der Waals surface area contributed by atoms with Crippen molar-refractivity contribution in [1.82, 2.24) is 10.2 Å². The smallest absolute Gasteiger partial charge is 0.275 e. The summed E-state index contributed by atoms with van der Waals surface area (Å²) in [6.45, 7) is 0. The Morgan fingerprint density at radius 3 is 2.41 bits per heavy atom. The van der Waals surface area contributed by atoms with Crippen LogP contribution in [0, 0.1) is 17.8 Å². The molecule has 29 heavy (non-hydrogen) atoms. The molecule has 4 saturated carbocycles. The van der Waals surface area contributed by atoms with Crippen LogP contribution in [-0.2, 0) is 15.0 Å². The van der Waals surface area contributed by atoms with Crippen LogP contribution in [-0.4, -0.2) is 21.8 Å². The van der Waals surface area contributed by atoms with E-state index in [0.29, 0.717) is 17.3 Å². The predicted octanol–water partition coefficient (Wildman–Crippen LogP) is 4.46. The summed E-state index contributed by atoms with van der Waals surface area (Å²) < 4.78 is 0. The molecule has 150 valence electrons. The van der Waals surface area contributed by atoms with Crippen molar-refractivity contribution in [2.45, 2.75) is 56.5 Å². The lowest BCUT2D eigenvalue weighted by Gasteiger charge is -2.55. The second kappa shape index (κ2) is 6.62. The first-order valence-corrected chi connectivity index (χ1v) is 11.4. The van der Waals surface area contributed by atoms with Gasteiger partial charge in [-0.1, -0.05) is 46.8 Å². The van der Waals surface area contributed by atoms with Crippen molar-refractivity contribution < 1.29 is 9.63 Å². The van der Waals surface area contributed by atoms with Gasteiger partial charge in [0.25, 0.3) is 5.91 Å². The fourth-order valence-corrected chi connectivity index (χ4v) is 7.34. The summed E-state index contributed by atoms with van der Waals surface area (Å²) in [7, 11) is 0. The normalized spacial score (nSPS) is 34.7. The van der Waals surface area contributed by atoms with Gasteiger partial charge in [-0.15, -0.1) is 10.2 Å². The minimum Gasteiger partial charge on any atom is -0.387 e. The van der Waals surface area contributed by atoms with Crippen LogP contribution in [0.4, 0.5) is 5.13 Å². The fourth-order valence-electron chi connectivity index (χ4n) is 6.39. The number of aromatic nitrogens is 2. The van der Waals surface area contributed by atoms with E-state index < -0.39 is 0 Å². The molecule has 1 atom stereocenters. The summed E-state index contributed by atoms with van der Waals surface area (Å²) in [5.41, 5.74) is 1.64. The zero-order valence-electron chi connectivity index (χ0n) is 16.2. The Morgan fingerprint density at radius 2 is 1.72 bits per heavy atom. The number of hydrogen-bond donors (Lipinski definition) is 1. The number of anilines is 1. The maximum Gasteiger partial charge on any atom is 0.275 e. The van der Waals surface area contributed by atoms with Crippen molar-refractivity contribution in [3.8, 4) is 0 Å². The van der Waals surface area contributed by atoms with Crippen molar-refractivity contribution >= 4 is 28.1 Å². The first-order chi connectivity index (χ1) is 14.2. The highest BCUT2D eigenvalue weighted by Gasteiger charge is 2.53. The van der Waals surface area contributed by atoms with Crippen LogP contribution in [0.3, 0.4) is 0 Å². The third-order valence-electron chi connectivity index (χ3n) is 7.24. The molecule has 1 unspecified atom stereocenters. The molecule has 1 N–H and O–H groups in total. The van der Waals surface area contributed by atoms with E-state index in [-0.39, 0.29) is 17.4 Å². The highest BCUT2D eigenvalue weighted by atomic mass is 32.1. The SMILES string of the molecule is O=C(Nc1nnc(C23CC4CC(CC(C4)C2)C3)s1)C1=NOC(c2ccccc2)C1. The molecule has 7 heteroatoms. The average Bonchev–Trinajstić information content (AvgIpc) is 3.38. The lowest BCUT2D eigenvalue weighted by Crippen LogP contribution is -2.48. The van der Waals surface area contributed by atoms with Gasteiger partial charge in [0.1, 0.15) is 10.7 Å². The average molecular weight is 409 g/mol. The van der Waals surface area contributed by atoms with Gasteiger partial charge in [0.05, 0.1) is 0 Å². The van der Waals surface area contributed by atoms with E-state index in [1.54, 1.807) is 11.3 Å². The monoisotopic (exact) mass is 408 g/mol. The minimum absolute atomic E-state index is 0.200. The summed E-state index contributed by atoms with van der Waals surface area (Å²) in [5, 5.41) is 17.4. The van der Waals surface area contributed by atoms with Crippen LogP contribution < -0.4 is 5.32 Å². The van der Waals surface area contributed by atoms with Crippen LogP contribution in [0.25, 0.3) is 0 Å². The van der Waals surface area contributed by atoms with E-state index in [4.69, 9.17) is 4.84 Å². The van der Waals surface area contributed by atoms with Gasteiger partial charge in [-0.25, -0.2) is 0 Å². The van der Waals surface area contributed by atoms with E-state index in [2.05, 4.69) is 20.7 Å². The minimum atomic E-state index is -0.239. The number of carbonyl (C=O) groups is 1. The Morgan fingerprint density at radius 1 is 1.03 bits per heavy atom. The lowest BCUT2D eigenvalue weighted by atomic mass is 9.50. The molecule has 2 heterocycles. The van der Waals surface area contributed by atoms with Crippen molar-refractivity contribution in [3.05, 3.63) is 40.9 Å². The number of carbonyl (C=O) groups excluding carboxylic acids is 1. The second-order valence-electron chi connectivity index (χ2n) is 9.31. The fraction of sp³-hybridized carbons (Fsp3) is 0.545. The number of amides is 1. The van der Waals surface area contributed by atoms with Crippen LogP contribution >= 0.6 is 11.3 Å². The molecule has 5 aliphatic rings. The Balaban J connectivity index is 1.14. The molecule has 0 spiro atoms. The molecule has 1 aliphatic heterocycles. The van der Waals surface area contributed by atoms with Crippen molar-refractivity contribution in [3.63, 3.8) is 0 Å². The van der Waals surface area contributed by atoms with Gasteiger partial charge in [-0.05, 0) is 61.8 Å². The molecule has 2 aromatic rings. The molecular formula is C22H24N4O2S. The molecule has 1 aromatic heterocycles. The molecule has 4 aliphatic carbocycles. The lowest BCUT2D eigenvalue weighted by molar-refractivity contribution is -0.110.